The third kappa shape index (κ3) is 8.39. The second-order valence-corrected chi connectivity index (χ2v) is 10.8. The van der Waals surface area contributed by atoms with Crippen molar-refractivity contribution in [3.05, 3.63) is 65.8 Å². The third-order valence-corrected chi connectivity index (χ3v) is 7.95. The zero-order valence-corrected chi connectivity index (χ0v) is 22.0. The molecule has 2 aliphatic carbocycles. The van der Waals surface area contributed by atoms with Crippen LogP contribution in [0.1, 0.15) is 88.3 Å². The maximum Gasteiger partial charge on any atom is 0.573 e. The van der Waals surface area contributed by atoms with Gasteiger partial charge in [-0.15, -0.1) is 13.2 Å². The van der Waals surface area contributed by atoms with E-state index in [1.165, 1.54) is 50.8 Å². The van der Waals surface area contributed by atoms with Crippen LogP contribution in [0.2, 0.25) is 0 Å². The lowest BCUT2D eigenvalue weighted by molar-refractivity contribution is -0.275. The second kappa shape index (κ2) is 12.6. The summed E-state index contributed by atoms with van der Waals surface area (Å²) in [6.07, 6.45) is 9.03. The van der Waals surface area contributed by atoms with Crippen molar-refractivity contribution in [3.8, 4) is 11.5 Å². The molecule has 0 bridgehead atoms. The van der Waals surface area contributed by atoms with Gasteiger partial charge < -0.3 is 9.47 Å². The number of alkyl halides is 5. The summed E-state index contributed by atoms with van der Waals surface area (Å²) in [5, 5.41) is 0. The number of allylic oxidation sites excluding steroid dienone is 2. The molecule has 1 aromatic carbocycles. The largest absolute Gasteiger partial charge is 0.573 e. The van der Waals surface area contributed by atoms with Crippen LogP contribution in [0, 0.1) is 23.6 Å². The third-order valence-electron chi connectivity index (χ3n) is 7.95. The van der Waals surface area contributed by atoms with E-state index in [0.717, 1.165) is 43.2 Å². The molecule has 2 unspecified atom stereocenters. The quantitative estimate of drug-likeness (QED) is 0.216. The zero-order chi connectivity index (χ0) is 28.0. The highest BCUT2D eigenvalue weighted by Gasteiger charge is 2.37. The van der Waals surface area contributed by atoms with Gasteiger partial charge in [-0.1, -0.05) is 31.6 Å². The smallest absolute Gasteiger partial charge is 0.428 e. The minimum atomic E-state index is -5.11. The van der Waals surface area contributed by atoms with Crippen LogP contribution < -0.4 is 9.47 Å². The highest BCUT2D eigenvalue weighted by Crippen LogP contribution is 2.40. The van der Waals surface area contributed by atoms with Crippen molar-refractivity contribution in [2.24, 2.45) is 17.8 Å². The summed E-state index contributed by atoms with van der Waals surface area (Å²) in [6, 6.07) is 4.56. The lowest BCUT2D eigenvalue weighted by atomic mass is 9.75. The molecule has 214 valence electrons. The number of ether oxygens (including phenoxy) is 2. The molecule has 2 atom stereocenters. The maximum absolute atomic E-state index is 14.6. The molecule has 2 aliphatic rings. The van der Waals surface area contributed by atoms with Gasteiger partial charge in [0.15, 0.2) is 17.3 Å². The van der Waals surface area contributed by atoms with Gasteiger partial charge >= 0.3 is 12.5 Å². The SMILES string of the molecule is CCCC1C=CC(CCC2CCC(c3ccc(C(F)(F)Oc4ccc(OC(F)(F)F)c(F)c4)nc3)CC2)CC1. The van der Waals surface area contributed by atoms with Gasteiger partial charge in [0.25, 0.3) is 0 Å². The topological polar surface area (TPSA) is 31.4 Å². The minimum Gasteiger partial charge on any atom is -0.428 e. The van der Waals surface area contributed by atoms with Crippen LogP contribution in [0.15, 0.2) is 48.7 Å². The van der Waals surface area contributed by atoms with E-state index in [1.54, 1.807) is 6.07 Å². The Labute approximate surface area is 225 Å². The van der Waals surface area contributed by atoms with E-state index >= 15 is 0 Å². The van der Waals surface area contributed by atoms with Crippen LogP contribution in [0.4, 0.5) is 26.3 Å². The second-order valence-electron chi connectivity index (χ2n) is 10.8. The van der Waals surface area contributed by atoms with Crippen molar-refractivity contribution in [3.63, 3.8) is 0 Å². The van der Waals surface area contributed by atoms with Crippen LogP contribution in [-0.2, 0) is 6.11 Å². The van der Waals surface area contributed by atoms with E-state index in [4.69, 9.17) is 0 Å². The van der Waals surface area contributed by atoms with Gasteiger partial charge in [-0.2, -0.15) is 8.78 Å². The van der Waals surface area contributed by atoms with E-state index in [9.17, 15) is 26.3 Å². The molecule has 9 heteroatoms. The molecule has 2 aromatic rings. The van der Waals surface area contributed by atoms with Crippen molar-refractivity contribution in [1.29, 1.82) is 0 Å². The van der Waals surface area contributed by atoms with Gasteiger partial charge in [0, 0.05) is 12.3 Å². The standard InChI is InChI=1S/C30H35F6NO2/c1-2-3-20-4-6-21(7-5-20)8-9-22-10-12-23(13-11-22)24-14-17-28(37-19-24)29(32,33)38-25-15-16-27(26(31)18-25)39-30(34,35)36/h4,6,14-23H,2-3,5,7-13H2,1H3. The number of hydrogen-bond donors (Lipinski definition) is 0. The lowest BCUT2D eigenvalue weighted by Crippen LogP contribution is -2.24. The fourth-order valence-corrected chi connectivity index (χ4v) is 5.79. The lowest BCUT2D eigenvalue weighted by Gasteiger charge is -2.30. The molecular formula is C30H35F6NO2. The number of rotatable bonds is 10. The number of halogens is 6. The van der Waals surface area contributed by atoms with Gasteiger partial charge in [0.1, 0.15) is 5.75 Å². The van der Waals surface area contributed by atoms with Gasteiger partial charge in [-0.05, 0) is 105 Å². The molecule has 4 rings (SSSR count). The first kappa shape index (κ1) is 29.3. The van der Waals surface area contributed by atoms with Crippen molar-refractivity contribution in [1.82, 2.24) is 4.98 Å². The molecule has 0 N–H and O–H groups in total. The van der Waals surface area contributed by atoms with Crippen molar-refractivity contribution in [2.45, 2.75) is 89.5 Å². The van der Waals surface area contributed by atoms with E-state index in [0.29, 0.717) is 24.0 Å². The predicted molar refractivity (Wildman–Crippen MR) is 136 cm³/mol. The summed E-state index contributed by atoms with van der Waals surface area (Å²) < 4.78 is 88.1. The molecule has 1 fully saturated rings. The van der Waals surface area contributed by atoms with Gasteiger partial charge in [0.05, 0.1) is 0 Å². The fourth-order valence-electron chi connectivity index (χ4n) is 5.79. The molecule has 1 saturated carbocycles. The van der Waals surface area contributed by atoms with Crippen molar-refractivity contribution < 1.29 is 35.8 Å². The van der Waals surface area contributed by atoms with Crippen LogP contribution in [0.5, 0.6) is 11.5 Å². The Morgan fingerprint density at radius 2 is 1.51 bits per heavy atom. The number of hydrogen-bond acceptors (Lipinski definition) is 3. The summed E-state index contributed by atoms with van der Waals surface area (Å²) in [4.78, 5) is 3.90. The molecule has 39 heavy (non-hydrogen) atoms. The number of nitrogens with zero attached hydrogens (tertiary/aromatic N) is 1. The molecule has 0 amide bonds. The van der Waals surface area contributed by atoms with Crippen LogP contribution in [0.3, 0.4) is 0 Å². The first-order chi connectivity index (χ1) is 18.5. The summed E-state index contributed by atoms with van der Waals surface area (Å²) >= 11 is 0. The van der Waals surface area contributed by atoms with E-state index in [-0.39, 0.29) is 5.92 Å². The Hall–Kier alpha value is -2.71. The molecule has 0 radical (unpaired) electrons. The van der Waals surface area contributed by atoms with Crippen LogP contribution >= 0.6 is 0 Å². The summed E-state index contributed by atoms with van der Waals surface area (Å²) in [6.45, 7) is 2.24. The minimum absolute atomic E-state index is 0.261. The first-order valence-corrected chi connectivity index (χ1v) is 13.8. The molecule has 1 heterocycles. The van der Waals surface area contributed by atoms with Crippen molar-refractivity contribution in [2.75, 3.05) is 0 Å². The molecule has 3 nitrogen and oxygen atoms in total. The predicted octanol–water partition coefficient (Wildman–Crippen LogP) is 9.68. The summed E-state index contributed by atoms with van der Waals surface area (Å²) in [5.74, 6) is -0.861. The molecular weight excluding hydrogens is 520 g/mol. The Balaban J connectivity index is 1.26. The Kier molecular flexibility index (Phi) is 9.49. The average Bonchev–Trinajstić information content (AvgIpc) is 2.90. The number of benzene rings is 1. The Morgan fingerprint density at radius 3 is 2.08 bits per heavy atom. The first-order valence-electron chi connectivity index (χ1n) is 13.8. The summed E-state index contributed by atoms with van der Waals surface area (Å²) in [7, 11) is 0. The van der Waals surface area contributed by atoms with Gasteiger partial charge in [-0.25, -0.2) is 4.39 Å². The van der Waals surface area contributed by atoms with Crippen molar-refractivity contribution >= 4 is 0 Å². The summed E-state index contributed by atoms with van der Waals surface area (Å²) in [5.41, 5.74) is 0.225. The Morgan fingerprint density at radius 1 is 0.821 bits per heavy atom. The Bertz CT molecular complexity index is 1090. The highest BCUT2D eigenvalue weighted by molar-refractivity contribution is 5.34. The highest BCUT2D eigenvalue weighted by atomic mass is 19.4. The van der Waals surface area contributed by atoms with Gasteiger partial charge in [0.2, 0.25) is 0 Å². The molecule has 1 aromatic heterocycles. The van der Waals surface area contributed by atoms with E-state index in [1.807, 2.05) is 0 Å². The van der Waals surface area contributed by atoms with Crippen LogP contribution in [-0.4, -0.2) is 11.3 Å². The molecule has 0 saturated heterocycles. The van der Waals surface area contributed by atoms with Gasteiger partial charge in [-0.3, -0.25) is 4.98 Å². The number of aromatic nitrogens is 1. The monoisotopic (exact) mass is 555 g/mol. The van der Waals surface area contributed by atoms with E-state index < -0.39 is 35.5 Å². The number of pyridine rings is 1. The fraction of sp³-hybridized carbons (Fsp3) is 0.567. The molecule has 0 aliphatic heterocycles. The maximum atomic E-state index is 14.6. The average molecular weight is 556 g/mol. The normalized spacial score (nSPS) is 24.0. The molecule has 0 spiro atoms. The zero-order valence-electron chi connectivity index (χ0n) is 22.0. The van der Waals surface area contributed by atoms with E-state index in [2.05, 4.69) is 33.5 Å². The van der Waals surface area contributed by atoms with Crippen LogP contribution in [0.25, 0.3) is 0 Å².